The van der Waals surface area contributed by atoms with Crippen molar-refractivity contribution in [2.24, 2.45) is 0 Å². The minimum atomic E-state index is -4.25. The van der Waals surface area contributed by atoms with Gasteiger partial charge in [0.1, 0.15) is 0 Å². The van der Waals surface area contributed by atoms with Gasteiger partial charge < -0.3 is 14.4 Å². The smallest absolute Gasteiger partial charge is 0.401 e. The second kappa shape index (κ2) is 11.6. The molecule has 1 amide bonds. The van der Waals surface area contributed by atoms with Gasteiger partial charge in [-0.05, 0) is 51.6 Å². The first kappa shape index (κ1) is 23.8. The van der Waals surface area contributed by atoms with E-state index in [0.717, 1.165) is 10.5 Å². The molecule has 0 radical (unpaired) electrons. The van der Waals surface area contributed by atoms with Crippen LogP contribution in [-0.2, 0) is 4.79 Å². The van der Waals surface area contributed by atoms with Gasteiger partial charge in [0.2, 0.25) is 5.91 Å². The minimum Gasteiger partial charge on any atom is -0.490 e. The Balaban J connectivity index is 2.73. The van der Waals surface area contributed by atoms with E-state index < -0.39 is 12.7 Å². The molecule has 28 heavy (non-hydrogen) atoms. The van der Waals surface area contributed by atoms with E-state index >= 15 is 0 Å². The van der Waals surface area contributed by atoms with Gasteiger partial charge in [0.15, 0.2) is 11.5 Å². The van der Waals surface area contributed by atoms with Crippen molar-refractivity contribution in [2.75, 3.05) is 46.4 Å². The van der Waals surface area contributed by atoms with Crippen LogP contribution in [0.2, 0.25) is 0 Å². The Morgan fingerprint density at radius 2 is 1.71 bits per heavy atom. The summed E-state index contributed by atoms with van der Waals surface area (Å²) in [6.07, 6.45) is -1.18. The molecule has 0 saturated carbocycles. The van der Waals surface area contributed by atoms with E-state index in [9.17, 15) is 18.0 Å². The predicted octanol–water partition coefficient (Wildman–Crippen LogP) is 3.84. The average molecular weight is 402 g/mol. The maximum absolute atomic E-state index is 12.4. The van der Waals surface area contributed by atoms with E-state index in [0.29, 0.717) is 31.3 Å². The number of alkyl halides is 3. The molecular weight excluding hydrogens is 373 g/mol. The number of rotatable bonds is 11. The molecule has 1 rings (SSSR count). The van der Waals surface area contributed by atoms with Crippen molar-refractivity contribution in [1.29, 1.82) is 0 Å². The Labute approximate surface area is 164 Å². The van der Waals surface area contributed by atoms with Gasteiger partial charge in [-0.3, -0.25) is 9.69 Å². The lowest BCUT2D eigenvalue weighted by molar-refractivity contribution is -0.143. The summed E-state index contributed by atoms with van der Waals surface area (Å²) >= 11 is 0. The predicted molar refractivity (Wildman–Crippen MR) is 104 cm³/mol. The fraction of sp³-hybridized carbons (Fsp3) is 0.550. The van der Waals surface area contributed by atoms with Gasteiger partial charge in [0.05, 0.1) is 19.8 Å². The molecule has 0 unspecified atom stereocenters. The van der Waals surface area contributed by atoms with E-state index in [2.05, 4.69) is 0 Å². The van der Waals surface area contributed by atoms with Crippen LogP contribution in [0.1, 0.15) is 26.3 Å². The molecule has 0 saturated heterocycles. The highest BCUT2D eigenvalue weighted by atomic mass is 19.4. The molecule has 0 bridgehead atoms. The monoisotopic (exact) mass is 402 g/mol. The van der Waals surface area contributed by atoms with Crippen LogP contribution in [0.3, 0.4) is 0 Å². The molecule has 0 spiro atoms. The molecule has 0 fully saturated rings. The summed E-state index contributed by atoms with van der Waals surface area (Å²) in [6.45, 7) is 6.33. The third kappa shape index (κ3) is 8.65. The number of carbonyl (C=O) groups is 1. The van der Waals surface area contributed by atoms with Crippen molar-refractivity contribution in [3.8, 4) is 11.5 Å². The normalized spacial score (nSPS) is 11.9. The highest BCUT2D eigenvalue weighted by molar-refractivity contribution is 5.91. The number of carbonyl (C=O) groups excluding carboxylic acids is 1. The van der Waals surface area contributed by atoms with E-state index in [1.165, 1.54) is 18.0 Å². The van der Waals surface area contributed by atoms with Gasteiger partial charge in [-0.1, -0.05) is 6.07 Å². The summed E-state index contributed by atoms with van der Waals surface area (Å²) in [7, 11) is 1.39. The van der Waals surface area contributed by atoms with Gasteiger partial charge in [-0.2, -0.15) is 13.2 Å². The number of hydrogen-bond acceptors (Lipinski definition) is 4. The van der Waals surface area contributed by atoms with Gasteiger partial charge >= 0.3 is 6.18 Å². The lowest BCUT2D eigenvalue weighted by atomic mass is 10.2. The minimum absolute atomic E-state index is 0.143. The number of nitrogens with zero attached hydrogens (tertiary/aromatic N) is 2. The molecule has 0 heterocycles. The molecule has 0 aliphatic heterocycles. The number of likely N-dealkylation sites (N-methyl/N-ethyl adjacent to an activating group) is 2. The third-order valence-corrected chi connectivity index (χ3v) is 3.88. The van der Waals surface area contributed by atoms with Crippen LogP contribution in [0, 0.1) is 0 Å². The number of amides is 1. The third-order valence-electron chi connectivity index (χ3n) is 3.88. The Morgan fingerprint density at radius 3 is 2.29 bits per heavy atom. The Bertz CT molecular complexity index is 648. The number of halogens is 3. The molecule has 0 N–H and O–H groups in total. The van der Waals surface area contributed by atoms with Crippen molar-refractivity contribution in [2.45, 2.75) is 26.9 Å². The van der Waals surface area contributed by atoms with E-state index in [-0.39, 0.29) is 19.0 Å². The SMILES string of the molecule is CCOc1ccc(/C=C/C(=O)N(CC)CCN(C)CC(F)(F)F)cc1OCC. The van der Waals surface area contributed by atoms with Gasteiger partial charge in [0, 0.05) is 25.7 Å². The summed E-state index contributed by atoms with van der Waals surface area (Å²) in [6, 6.07) is 5.37. The summed E-state index contributed by atoms with van der Waals surface area (Å²) in [4.78, 5) is 15.0. The summed E-state index contributed by atoms with van der Waals surface area (Å²) < 4.78 is 48.2. The Kier molecular flexibility index (Phi) is 9.85. The molecule has 8 heteroatoms. The Morgan fingerprint density at radius 1 is 1.07 bits per heavy atom. The molecule has 158 valence electrons. The van der Waals surface area contributed by atoms with Crippen LogP contribution >= 0.6 is 0 Å². The molecule has 0 aliphatic carbocycles. The number of benzene rings is 1. The van der Waals surface area contributed by atoms with Crippen LogP contribution < -0.4 is 9.47 Å². The van der Waals surface area contributed by atoms with Crippen molar-refractivity contribution in [3.63, 3.8) is 0 Å². The van der Waals surface area contributed by atoms with Crippen molar-refractivity contribution in [1.82, 2.24) is 9.80 Å². The zero-order valence-electron chi connectivity index (χ0n) is 16.9. The molecule has 0 atom stereocenters. The maximum atomic E-state index is 12.4. The first-order valence-corrected chi connectivity index (χ1v) is 9.32. The van der Waals surface area contributed by atoms with Gasteiger partial charge in [-0.25, -0.2) is 0 Å². The van der Waals surface area contributed by atoms with Crippen molar-refractivity contribution >= 4 is 12.0 Å². The second-order valence-corrected chi connectivity index (χ2v) is 6.18. The van der Waals surface area contributed by atoms with Crippen molar-refractivity contribution in [3.05, 3.63) is 29.8 Å². The van der Waals surface area contributed by atoms with Crippen LogP contribution in [0.15, 0.2) is 24.3 Å². The molecule has 5 nitrogen and oxygen atoms in total. The molecule has 0 aromatic heterocycles. The topological polar surface area (TPSA) is 42.0 Å². The van der Waals surface area contributed by atoms with Crippen LogP contribution in [0.25, 0.3) is 6.08 Å². The molecule has 1 aromatic rings. The second-order valence-electron chi connectivity index (χ2n) is 6.18. The Hall–Kier alpha value is -2.22. The largest absolute Gasteiger partial charge is 0.490 e. The maximum Gasteiger partial charge on any atom is 0.401 e. The van der Waals surface area contributed by atoms with E-state index in [1.807, 2.05) is 19.9 Å². The lowest BCUT2D eigenvalue weighted by Crippen LogP contribution is -2.39. The quantitative estimate of drug-likeness (QED) is 0.528. The van der Waals surface area contributed by atoms with Gasteiger partial charge in [-0.15, -0.1) is 0 Å². The van der Waals surface area contributed by atoms with Crippen LogP contribution in [0.4, 0.5) is 13.2 Å². The number of hydrogen-bond donors (Lipinski definition) is 0. The highest BCUT2D eigenvalue weighted by Gasteiger charge is 2.29. The van der Waals surface area contributed by atoms with Crippen LogP contribution in [-0.4, -0.2) is 68.3 Å². The van der Waals surface area contributed by atoms with Crippen LogP contribution in [0.5, 0.6) is 11.5 Å². The standard InChI is InChI=1S/C20H29F3N2O3/c1-5-25(13-12-24(4)15-20(21,22)23)19(26)11-9-16-8-10-17(27-6-2)18(14-16)28-7-3/h8-11,14H,5-7,12-13,15H2,1-4H3/b11-9+. The molecule has 0 aliphatic rings. The summed E-state index contributed by atoms with van der Waals surface area (Å²) in [5.41, 5.74) is 0.769. The fourth-order valence-corrected chi connectivity index (χ4v) is 2.54. The summed E-state index contributed by atoms with van der Waals surface area (Å²) in [5.74, 6) is 0.977. The summed E-state index contributed by atoms with van der Waals surface area (Å²) in [5, 5.41) is 0. The first-order chi connectivity index (χ1) is 13.2. The highest BCUT2D eigenvalue weighted by Crippen LogP contribution is 2.29. The lowest BCUT2D eigenvalue weighted by Gasteiger charge is -2.24. The van der Waals surface area contributed by atoms with E-state index in [1.54, 1.807) is 25.1 Å². The zero-order valence-corrected chi connectivity index (χ0v) is 16.9. The fourth-order valence-electron chi connectivity index (χ4n) is 2.54. The first-order valence-electron chi connectivity index (χ1n) is 9.32. The molecule has 1 aromatic carbocycles. The molecular formula is C20H29F3N2O3. The zero-order chi connectivity index (χ0) is 21.2. The van der Waals surface area contributed by atoms with Crippen molar-refractivity contribution < 1.29 is 27.4 Å². The average Bonchev–Trinajstić information content (AvgIpc) is 2.61. The van der Waals surface area contributed by atoms with Gasteiger partial charge in [0.25, 0.3) is 0 Å². The van der Waals surface area contributed by atoms with E-state index in [4.69, 9.17) is 9.47 Å². The number of ether oxygens (including phenoxy) is 2.